The van der Waals surface area contributed by atoms with Crippen LogP contribution in [0, 0.1) is 0 Å². The molecule has 0 saturated heterocycles. The second-order valence-corrected chi connectivity index (χ2v) is 5.49. The molecule has 86 valence electrons. The van der Waals surface area contributed by atoms with E-state index in [-0.39, 0.29) is 0 Å². The van der Waals surface area contributed by atoms with Crippen LogP contribution in [0.4, 0.5) is 0 Å². The van der Waals surface area contributed by atoms with E-state index in [0.717, 1.165) is 6.71 Å². The van der Waals surface area contributed by atoms with Gasteiger partial charge in [-0.1, -0.05) is 71.2 Å². The van der Waals surface area contributed by atoms with Crippen molar-refractivity contribution in [2.45, 2.75) is 77.3 Å². The topological polar surface area (TPSA) is 0 Å². The van der Waals surface area contributed by atoms with Gasteiger partial charge in [0, 0.05) is 0 Å². The van der Waals surface area contributed by atoms with Gasteiger partial charge in [-0.25, -0.2) is 0 Å². The van der Waals surface area contributed by atoms with Gasteiger partial charge in [-0.05, 0) is 18.2 Å². The number of allylic oxidation sites excluding steroid dienone is 1. The molecule has 0 aromatic rings. The van der Waals surface area contributed by atoms with Gasteiger partial charge in [0.1, 0.15) is 6.71 Å². The highest BCUT2D eigenvalue weighted by molar-refractivity contribution is 6.62. The maximum atomic E-state index is 4.14. The molecule has 0 spiro atoms. The van der Waals surface area contributed by atoms with Gasteiger partial charge >= 0.3 is 0 Å². The molecule has 0 nitrogen and oxygen atoms in total. The van der Waals surface area contributed by atoms with E-state index in [9.17, 15) is 0 Å². The van der Waals surface area contributed by atoms with Crippen LogP contribution in [0.25, 0.3) is 0 Å². The fourth-order valence-corrected chi connectivity index (χ4v) is 3.57. The number of hydrogen-bond donors (Lipinski definition) is 0. The predicted octanol–water partition coefficient (Wildman–Crippen LogP) is 5.19. The maximum absolute atomic E-state index is 4.14. The lowest BCUT2D eigenvalue weighted by atomic mass is 9.23. The van der Waals surface area contributed by atoms with Crippen LogP contribution in [-0.4, -0.2) is 6.71 Å². The number of rotatable bonds is 7. The third kappa shape index (κ3) is 2.89. The Morgan fingerprint density at radius 2 is 1.60 bits per heavy atom. The second kappa shape index (κ2) is 5.77. The van der Waals surface area contributed by atoms with Crippen molar-refractivity contribution in [3.63, 3.8) is 0 Å². The van der Waals surface area contributed by atoms with Crippen LogP contribution >= 0.6 is 0 Å². The molecule has 15 heavy (non-hydrogen) atoms. The summed E-state index contributed by atoms with van der Waals surface area (Å²) in [5.41, 5.74) is 1.50. The molecule has 1 saturated carbocycles. The normalized spacial score (nSPS) is 18.7. The summed E-state index contributed by atoms with van der Waals surface area (Å²) in [4.78, 5) is 0. The molecule has 0 unspecified atom stereocenters. The average molecular weight is 206 g/mol. The van der Waals surface area contributed by atoms with E-state index >= 15 is 0 Å². The van der Waals surface area contributed by atoms with E-state index < -0.39 is 0 Å². The lowest BCUT2D eigenvalue weighted by molar-refractivity contribution is 0.394. The first-order valence-electron chi connectivity index (χ1n) is 6.85. The van der Waals surface area contributed by atoms with Crippen LogP contribution in [0.3, 0.4) is 0 Å². The lowest BCUT2D eigenvalue weighted by Gasteiger charge is -2.48. The molecule has 1 aliphatic rings. The van der Waals surface area contributed by atoms with E-state index in [1.165, 1.54) is 56.7 Å². The quantitative estimate of drug-likeness (QED) is 0.397. The van der Waals surface area contributed by atoms with Crippen LogP contribution in [0.5, 0.6) is 0 Å². The van der Waals surface area contributed by atoms with Crippen molar-refractivity contribution in [2.75, 3.05) is 0 Å². The average Bonchev–Trinajstić information content (AvgIpc) is 2.15. The summed E-state index contributed by atoms with van der Waals surface area (Å²) in [5, 5.41) is 0.665. The van der Waals surface area contributed by atoms with Crippen molar-refractivity contribution in [1.29, 1.82) is 0 Å². The van der Waals surface area contributed by atoms with Gasteiger partial charge in [0.05, 0.1) is 0 Å². The molecular weight excluding hydrogens is 179 g/mol. The van der Waals surface area contributed by atoms with Crippen LogP contribution in [0.2, 0.25) is 18.0 Å². The van der Waals surface area contributed by atoms with Crippen LogP contribution in [0.1, 0.15) is 59.3 Å². The van der Waals surface area contributed by atoms with Gasteiger partial charge in [-0.3, -0.25) is 0 Å². The Kier molecular flexibility index (Phi) is 4.95. The Balaban J connectivity index is 2.62. The van der Waals surface area contributed by atoms with Gasteiger partial charge in [-0.15, -0.1) is 0 Å². The standard InChI is InChI=1S/C14H27B/c1-5-8-14(11-13(4)12-14)15(9-6-2)10-7-3/h4-12H2,1-3H3. The molecule has 0 atom stereocenters. The third-order valence-corrected chi connectivity index (χ3v) is 4.09. The maximum Gasteiger partial charge on any atom is 0.147 e. The zero-order chi connectivity index (χ0) is 11.3. The highest BCUT2D eigenvalue weighted by Crippen LogP contribution is 2.58. The molecule has 0 aliphatic heterocycles. The minimum Gasteiger partial charge on any atom is -0.0999 e. The zero-order valence-electron chi connectivity index (χ0n) is 10.9. The molecule has 1 rings (SSSR count). The summed E-state index contributed by atoms with van der Waals surface area (Å²) < 4.78 is 0. The summed E-state index contributed by atoms with van der Waals surface area (Å²) in [7, 11) is 0. The third-order valence-electron chi connectivity index (χ3n) is 4.09. The molecule has 0 heterocycles. The summed E-state index contributed by atoms with van der Waals surface area (Å²) in [6, 6.07) is 0. The molecule has 0 aromatic carbocycles. The van der Waals surface area contributed by atoms with Crippen molar-refractivity contribution >= 4 is 6.71 Å². The van der Waals surface area contributed by atoms with Crippen molar-refractivity contribution in [1.82, 2.24) is 0 Å². The largest absolute Gasteiger partial charge is 0.147 e. The molecule has 1 aliphatic carbocycles. The highest BCUT2D eigenvalue weighted by Gasteiger charge is 2.45. The van der Waals surface area contributed by atoms with Crippen LogP contribution in [0.15, 0.2) is 12.2 Å². The predicted molar refractivity (Wildman–Crippen MR) is 71.9 cm³/mol. The van der Waals surface area contributed by atoms with E-state index in [4.69, 9.17) is 0 Å². The Bertz CT molecular complexity index is 193. The van der Waals surface area contributed by atoms with Gasteiger partial charge in [0.2, 0.25) is 0 Å². The first-order chi connectivity index (χ1) is 7.18. The van der Waals surface area contributed by atoms with Crippen molar-refractivity contribution < 1.29 is 0 Å². The smallest absolute Gasteiger partial charge is 0.0999 e. The molecule has 1 fully saturated rings. The van der Waals surface area contributed by atoms with Crippen molar-refractivity contribution in [2.24, 2.45) is 0 Å². The van der Waals surface area contributed by atoms with Gasteiger partial charge in [-0.2, -0.15) is 0 Å². The summed E-state index contributed by atoms with van der Waals surface area (Å²) in [6.45, 7) is 12.1. The molecule has 0 N–H and O–H groups in total. The van der Waals surface area contributed by atoms with Gasteiger partial charge in [0.25, 0.3) is 0 Å². The van der Waals surface area contributed by atoms with Crippen LogP contribution in [-0.2, 0) is 0 Å². The van der Waals surface area contributed by atoms with Crippen molar-refractivity contribution in [3.05, 3.63) is 12.2 Å². The van der Waals surface area contributed by atoms with E-state index in [2.05, 4.69) is 27.4 Å². The van der Waals surface area contributed by atoms with Gasteiger partial charge in [0.15, 0.2) is 0 Å². The number of hydrogen-bond acceptors (Lipinski definition) is 0. The van der Waals surface area contributed by atoms with Crippen LogP contribution < -0.4 is 0 Å². The van der Waals surface area contributed by atoms with Crippen molar-refractivity contribution in [3.8, 4) is 0 Å². The minimum absolute atomic E-state index is 0.665. The minimum atomic E-state index is 0.665. The first-order valence-corrected chi connectivity index (χ1v) is 6.85. The first kappa shape index (κ1) is 12.9. The molecule has 0 bridgehead atoms. The molecule has 1 heteroatoms. The SMILES string of the molecule is C=C1CC(CCC)(B(CCC)CCC)C1. The summed E-state index contributed by atoms with van der Waals surface area (Å²) in [6.07, 6.45) is 11.0. The molecular formula is C14H27B. The monoisotopic (exact) mass is 206 g/mol. The lowest BCUT2D eigenvalue weighted by Crippen LogP contribution is -2.39. The summed E-state index contributed by atoms with van der Waals surface area (Å²) in [5.74, 6) is 0. The van der Waals surface area contributed by atoms with E-state index in [1.54, 1.807) is 0 Å². The molecule has 0 amide bonds. The zero-order valence-corrected chi connectivity index (χ0v) is 10.9. The second-order valence-electron chi connectivity index (χ2n) is 5.49. The Labute approximate surface area is 96.6 Å². The molecule has 0 radical (unpaired) electrons. The molecule has 0 aromatic heterocycles. The Morgan fingerprint density at radius 3 is 1.93 bits per heavy atom. The highest BCUT2D eigenvalue weighted by atomic mass is 14.4. The van der Waals surface area contributed by atoms with E-state index in [0.29, 0.717) is 5.31 Å². The van der Waals surface area contributed by atoms with E-state index in [1.807, 2.05) is 0 Å². The summed E-state index contributed by atoms with van der Waals surface area (Å²) >= 11 is 0. The fourth-order valence-electron chi connectivity index (χ4n) is 3.57. The Morgan fingerprint density at radius 1 is 1.07 bits per heavy atom. The fraction of sp³-hybridized carbons (Fsp3) is 0.857. The Hall–Kier alpha value is -0.195. The van der Waals surface area contributed by atoms with Gasteiger partial charge < -0.3 is 0 Å².